The van der Waals surface area contributed by atoms with E-state index >= 15 is 0 Å². The lowest BCUT2D eigenvalue weighted by molar-refractivity contribution is 0.140. The number of hydrogen-bond donors (Lipinski definition) is 2. The second-order valence-electron chi connectivity index (χ2n) is 7.77. The number of hydrogen-bond acceptors (Lipinski definition) is 7. The van der Waals surface area contributed by atoms with E-state index in [1.165, 1.54) is 4.34 Å². The predicted molar refractivity (Wildman–Crippen MR) is 148 cm³/mol. The van der Waals surface area contributed by atoms with Gasteiger partial charge in [0, 0.05) is 11.0 Å². The lowest BCUT2D eigenvalue weighted by Gasteiger charge is -2.14. The van der Waals surface area contributed by atoms with Gasteiger partial charge < -0.3 is 10.6 Å². The monoisotopic (exact) mass is 623 g/mol. The number of imidazole rings is 1. The molecule has 0 amide bonds. The highest BCUT2D eigenvalue weighted by Crippen LogP contribution is 2.39. The van der Waals surface area contributed by atoms with Crippen LogP contribution in [0.5, 0.6) is 0 Å². The Bertz CT molecular complexity index is 1420. The van der Waals surface area contributed by atoms with Gasteiger partial charge in [0.1, 0.15) is 28.9 Å². The van der Waals surface area contributed by atoms with Crippen LogP contribution < -0.4 is 10.6 Å². The second-order valence-corrected chi connectivity index (χ2v) is 10.7. The highest BCUT2D eigenvalue weighted by atomic mass is 127. The van der Waals surface area contributed by atoms with Crippen LogP contribution in [0.1, 0.15) is 43.3 Å². The molecule has 4 rings (SSSR count). The molecule has 0 radical (unpaired) electrons. The number of nitriles is 1. The fourth-order valence-electron chi connectivity index (χ4n) is 3.57. The van der Waals surface area contributed by atoms with Crippen LogP contribution in [-0.2, 0) is 0 Å². The van der Waals surface area contributed by atoms with Crippen molar-refractivity contribution in [2.24, 2.45) is 0 Å². The Morgan fingerprint density at radius 1 is 1.06 bits per heavy atom. The third-order valence-corrected chi connectivity index (χ3v) is 8.06. The first-order valence-corrected chi connectivity index (χ1v) is 15.8. The number of pyridine rings is 2. The SMILES string of the molecule is CSc1ccccc1Nc1cc(Nc2ccc(C(C)C)c(C#N)n2)nc2c1nc(C(F)F)n2PI. The third kappa shape index (κ3) is 5.34. The minimum Gasteiger partial charge on any atom is -0.353 e. The molecule has 0 aliphatic carbocycles. The molecule has 12 heteroatoms. The molecule has 1 atom stereocenters. The van der Waals surface area contributed by atoms with Crippen molar-refractivity contribution < 1.29 is 8.78 Å². The van der Waals surface area contributed by atoms with E-state index < -0.39 is 6.43 Å². The number of benzene rings is 1. The Hall–Kier alpha value is -2.55. The maximum atomic E-state index is 13.8. The van der Waals surface area contributed by atoms with Crippen LogP contribution in [0.3, 0.4) is 0 Å². The minimum atomic E-state index is -2.74. The van der Waals surface area contributed by atoms with Gasteiger partial charge in [-0.1, -0.05) is 32.0 Å². The van der Waals surface area contributed by atoms with Gasteiger partial charge in [0.25, 0.3) is 6.43 Å². The summed E-state index contributed by atoms with van der Waals surface area (Å²) >= 11 is 3.62. The minimum absolute atomic E-state index is 0.0172. The summed E-state index contributed by atoms with van der Waals surface area (Å²) in [5.41, 5.74) is 3.23. The van der Waals surface area contributed by atoms with E-state index in [1.807, 2.05) is 72.5 Å². The van der Waals surface area contributed by atoms with Crippen LogP contribution in [0.2, 0.25) is 0 Å². The van der Waals surface area contributed by atoms with Gasteiger partial charge in [-0.15, -0.1) is 11.8 Å². The highest BCUT2D eigenvalue weighted by molar-refractivity contribution is 14.2. The number of rotatable bonds is 8. The molecule has 4 aromatic rings. The first kappa shape index (κ1) is 25.5. The Labute approximate surface area is 220 Å². The first-order valence-electron chi connectivity index (χ1n) is 10.5. The number of alkyl halides is 2. The second kappa shape index (κ2) is 11.0. The molecule has 0 fully saturated rings. The van der Waals surface area contributed by atoms with Crippen molar-refractivity contribution in [3.8, 4) is 6.07 Å². The fraction of sp³-hybridized carbons (Fsp3) is 0.217. The molecule has 3 aromatic heterocycles. The summed E-state index contributed by atoms with van der Waals surface area (Å²) in [6.07, 6.45) is -0.788. The number of para-hydroxylation sites is 1. The van der Waals surface area contributed by atoms with Crippen molar-refractivity contribution in [3.05, 3.63) is 59.5 Å². The molecule has 1 aromatic carbocycles. The Morgan fingerprint density at radius 3 is 2.49 bits per heavy atom. The fourth-order valence-corrected chi connectivity index (χ4v) is 6.02. The Kier molecular flexibility index (Phi) is 8.04. The molecule has 3 heterocycles. The Balaban J connectivity index is 1.85. The molecule has 1 unspecified atom stereocenters. The van der Waals surface area contributed by atoms with E-state index in [0.717, 1.165) is 16.1 Å². The van der Waals surface area contributed by atoms with Crippen LogP contribution >= 0.6 is 40.2 Å². The van der Waals surface area contributed by atoms with E-state index in [2.05, 4.69) is 31.7 Å². The molecule has 0 saturated carbocycles. The first-order chi connectivity index (χ1) is 16.9. The van der Waals surface area contributed by atoms with Crippen LogP contribution in [0.25, 0.3) is 11.2 Å². The van der Waals surface area contributed by atoms with Gasteiger partial charge in [0.15, 0.2) is 11.5 Å². The molecular weight excluding hydrogens is 602 g/mol. The van der Waals surface area contributed by atoms with Gasteiger partial charge in [0.2, 0.25) is 0 Å². The third-order valence-electron chi connectivity index (χ3n) is 5.21. The average molecular weight is 623 g/mol. The lowest BCUT2D eigenvalue weighted by Crippen LogP contribution is -2.03. The molecule has 2 N–H and O–H groups in total. The topological polar surface area (TPSA) is 91.4 Å². The summed E-state index contributed by atoms with van der Waals surface area (Å²) in [4.78, 5) is 14.3. The number of anilines is 4. The van der Waals surface area contributed by atoms with Crippen LogP contribution in [0.4, 0.5) is 31.8 Å². The number of halogens is 3. The zero-order chi connectivity index (χ0) is 25.1. The van der Waals surface area contributed by atoms with Crippen molar-refractivity contribution >= 4 is 74.4 Å². The highest BCUT2D eigenvalue weighted by Gasteiger charge is 2.23. The van der Waals surface area contributed by atoms with E-state index in [9.17, 15) is 14.0 Å². The maximum absolute atomic E-state index is 13.8. The molecule has 0 aliphatic rings. The van der Waals surface area contributed by atoms with E-state index in [4.69, 9.17) is 0 Å². The lowest BCUT2D eigenvalue weighted by atomic mass is 10.0. The van der Waals surface area contributed by atoms with Crippen molar-refractivity contribution in [1.29, 1.82) is 5.26 Å². The van der Waals surface area contributed by atoms with Gasteiger partial charge in [-0.25, -0.2) is 23.7 Å². The maximum Gasteiger partial charge on any atom is 0.295 e. The van der Waals surface area contributed by atoms with Gasteiger partial charge in [-0.3, -0.25) is 4.34 Å². The number of nitrogens with one attached hydrogen (secondary N) is 2. The van der Waals surface area contributed by atoms with Gasteiger partial charge in [0.05, 0.1) is 17.7 Å². The summed E-state index contributed by atoms with van der Waals surface area (Å²) in [6, 6.07) is 15.2. The number of fused-ring (bicyclic) bond motifs is 1. The van der Waals surface area contributed by atoms with E-state index in [-0.39, 0.29) is 18.1 Å². The summed E-state index contributed by atoms with van der Waals surface area (Å²) in [6.45, 7) is 3.99. The zero-order valence-electron chi connectivity index (χ0n) is 19.0. The Morgan fingerprint density at radius 2 is 1.83 bits per heavy atom. The molecule has 0 saturated heterocycles. The molecule has 0 bridgehead atoms. The quantitative estimate of drug-likeness (QED) is 0.118. The van der Waals surface area contributed by atoms with E-state index in [0.29, 0.717) is 34.2 Å². The van der Waals surface area contributed by atoms with Crippen LogP contribution in [0, 0.1) is 11.3 Å². The van der Waals surface area contributed by atoms with Crippen molar-refractivity contribution in [2.45, 2.75) is 31.1 Å². The summed E-state index contributed by atoms with van der Waals surface area (Å²) < 4.78 is 29.0. The molecule has 0 aliphatic heterocycles. The van der Waals surface area contributed by atoms with Crippen molar-refractivity contribution in [2.75, 3.05) is 16.9 Å². The number of aromatic nitrogens is 4. The van der Waals surface area contributed by atoms with Crippen molar-refractivity contribution in [1.82, 2.24) is 19.3 Å². The molecule has 180 valence electrons. The normalized spacial score (nSPS) is 11.6. The van der Waals surface area contributed by atoms with Gasteiger partial charge >= 0.3 is 0 Å². The zero-order valence-corrected chi connectivity index (χ0v) is 22.9. The largest absolute Gasteiger partial charge is 0.353 e. The smallest absolute Gasteiger partial charge is 0.295 e. The molecular formula is C23H21F2IN7PS. The summed E-state index contributed by atoms with van der Waals surface area (Å²) in [7, 11) is 0. The van der Waals surface area contributed by atoms with Crippen LogP contribution in [0.15, 0.2) is 47.4 Å². The molecule has 7 nitrogen and oxygen atoms in total. The number of nitrogens with zero attached hydrogens (tertiary/aromatic N) is 5. The van der Waals surface area contributed by atoms with Crippen LogP contribution in [-0.4, -0.2) is 25.5 Å². The van der Waals surface area contributed by atoms with E-state index in [1.54, 1.807) is 23.9 Å². The molecule has 35 heavy (non-hydrogen) atoms. The summed E-state index contributed by atoms with van der Waals surface area (Å²) in [5, 5.41) is 16.0. The predicted octanol–water partition coefficient (Wildman–Crippen LogP) is 7.76. The molecule has 0 spiro atoms. The average Bonchev–Trinajstić information content (AvgIpc) is 3.23. The van der Waals surface area contributed by atoms with Gasteiger partial charge in [-0.05, 0) is 58.0 Å². The standard InChI is InChI=1S/C23H21F2IN7PS/c1-12(2)13-8-9-18(29-16(13)11-27)30-19-10-15(28-14-6-4-5-7-17(14)35-3)20-22(31-19)33(34-26)23(32-20)21(24)25/h4-10,12,21,34H,1-3H3,(H2,28,29,30,31). The summed E-state index contributed by atoms with van der Waals surface area (Å²) in [5.74, 6) is 0.654. The van der Waals surface area contributed by atoms with Crippen molar-refractivity contribution in [3.63, 3.8) is 0 Å². The van der Waals surface area contributed by atoms with Gasteiger partial charge in [-0.2, -0.15) is 5.26 Å². The number of thioether (sulfide) groups is 1.